The topological polar surface area (TPSA) is 9.23 Å². The zero-order chi connectivity index (χ0) is 9.14. The second-order valence-electron chi connectivity index (χ2n) is 2.74. The van der Waals surface area contributed by atoms with E-state index in [1.165, 1.54) is 6.07 Å². The van der Waals surface area contributed by atoms with Crippen molar-refractivity contribution >= 4 is 15.9 Å². The lowest BCUT2D eigenvalue weighted by atomic mass is 10.3. The molecule has 0 unspecified atom stereocenters. The fourth-order valence-corrected chi connectivity index (χ4v) is 1.07. The molecule has 3 heteroatoms. The van der Waals surface area contributed by atoms with E-state index in [0.717, 1.165) is 0 Å². The highest BCUT2D eigenvalue weighted by atomic mass is 79.9. The molecule has 0 radical (unpaired) electrons. The SMILES string of the molecule is CC(C)Oc1ccc(Br)c(F)c1. The molecular weight excluding hydrogens is 223 g/mol. The van der Waals surface area contributed by atoms with Crippen LogP contribution in [0.1, 0.15) is 13.8 Å². The van der Waals surface area contributed by atoms with Crippen LogP contribution in [0.25, 0.3) is 0 Å². The maximum absolute atomic E-state index is 12.9. The Morgan fingerprint density at radius 2 is 2.08 bits per heavy atom. The van der Waals surface area contributed by atoms with Crippen molar-refractivity contribution in [3.8, 4) is 5.75 Å². The summed E-state index contributed by atoms with van der Waals surface area (Å²) in [6.07, 6.45) is 0.0746. The van der Waals surface area contributed by atoms with Crippen molar-refractivity contribution in [1.29, 1.82) is 0 Å². The van der Waals surface area contributed by atoms with Gasteiger partial charge in [0.05, 0.1) is 10.6 Å². The molecule has 0 amide bonds. The second-order valence-corrected chi connectivity index (χ2v) is 3.60. The van der Waals surface area contributed by atoms with Gasteiger partial charge in [-0.15, -0.1) is 0 Å². The lowest BCUT2D eigenvalue weighted by Crippen LogP contribution is -2.05. The molecule has 0 saturated carbocycles. The van der Waals surface area contributed by atoms with Crippen LogP contribution in [0.5, 0.6) is 5.75 Å². The number of hydrogen-bond donors (Lipinski definition) is 0. The first-order chi connectivity index (χ1) is 5.59. The Balaban J connectivity index is 2.82. The third-order valence-electron chi connectivity index (χ3n) is 1.26. The summed E-state index contributed by atoms with van der Waals surface area (Å²) in [7, 11) is 0. The van der Waals surface area contributed by atoms with Crippen molar-refractivity contribution in [3.05, 3.63) is 28.5 Å². The molecule has 0 saturated heterocycles. The Hall–Kier alpha value is -0.570. The van der Waals surface area contributed by atoms with E-state index in [-0.39, 0.29) is 11.9 Å². The van der Waals surface area contributed by atoms with E-state index in [9.17, 15) is 4.39 Å². The van der Waals surface area contributed by atoms with Crippen LogP contribution in [-0.2, 0) is 0 Å². The van der Waals surface area contributed by atoms with Crippen LogP contribution in [-0.4, -0.2) is 6.10 Å². The fourth-order valence-electron chi connectivity index (χ4n) is 0.822. The van der Waals surface area contributed by atoms with E-state index in [2.05, 4.69) is 15.9 Å². The number of ether oxygens (including phenoxy) is 1. The highest BCUT2D eigenvalue weighted by Gasteiger charge is 2.02. The number of rotatable bonds is 2. The standard InChI is InChI=1S/C9H10BrFO/c1-6(2)12-7-3-4-8(10)9(11)5-7/h3-6H,1-2H3. The summed E-state index contributed by atoms with van der Waals surface area (Å²) in [5.74, 6) is 0.263. The van der Waals surface area contributed by atoms with Crippen LogP contribution >= 0.6 is 15.9 Å². The molecule has 0 aromatic heterocycles. The zero-order valence-electron chi connectivity index (χ0n) is 6.97. The lowest BCUT2D eigenvalue weighted by molar-refractivity contribution is 0.241. The molecule has 0 N–H and O–H groups in total. The molecule has 0 aliphatic heterocycles. The van der Waals surface area contributed by atoms with Crippen molar-refractivity contribution in [2.24, 2.45) is 0 Å². The average molecular weight is 233 g/mol. The van der Waals surface area contributed by atoms with Gasteiger partial charge in [-0.2, -0.15) is 0 Å². The van der Waals surface area contributed by atoms with E-state index in [4.69, 9.17) is 4.74 Å². The Morgan fingerprint density at radius 1 is 1.42 bits per heavy atom. The van der Waals surface area contributed by atoms with Crippen LogP contribution < -0.4 is 4.74 Å². The highest BCUT2D eigenvalue weighted by Crippen LogP contribution is 2.21. The number of hydrogen-bond acceptors (Lipinski definition) is 1. The summed E-state index contributed by atoms with van der Waals surface area (Å²) in [4.78, 5) is 0. The Labute approximate surface area is 79.7 Å². The Bertz CT molecular complexity index is 273. The smallest absolute Gasteiger partial charge is 0.141 e. The molecule has 0 aliphatic rings. The summed E-state index contributed by atoms with van der Waals surface area (Å²) < 4.78 is 18.6. The maximum Gasteiger partial charge on any atom is 0.141 e. The van der Waals surface area contributed by atoms with Crippen LogP contribution in [0.2, 0.25) is 0 Å². The predicted molar refractivity (Wildman–Crippen MR) is 49.9 cm³/mol. The van der Waals surface area contributed by atoms with Crippen molar-refractivity contribution in [1.82, 2.24) is 0 Å². The molecule has 66 valence electrons. The molecule has 1 rings (SSSR count). The van der Waals surface area contributed by atoms with Gasteiger partial charge in [0.25, 0.3) is 0 Å². The van der Waals surface area contributed by atoms with Crippen LogP contribution in [0.3, 0.4) is 0 Å². The molecule has 0 aliphatic carbocycles. The first-order valence-corrected chi connectivity index (χ1v) is 4.50. The predicted octanol–water partition coefficient (Wildman–Crippen LogP) is 3.38. The summed E-state index contributed by atoms with van der Waals surface area (Å²) >= 11 is 3.07. The summed E-state index contributed by atoms with van der Waals surface area (Å²) in [5.41, 5.74) is 0. The lowest BCUT2D eigenvalue weighted by Gasteiger charge is -2.09. The molecule has 12 heavy (non-hydrogen) atoms. The normalized spacial score (nSPS) is 10.4. The molecule has 1 aromatic carbocycles. The minimum Gasteiger partial charge on any atom is -0.491 e. The van der Waals surface area contributed by atoms with E-state index in [0.29, 0.717) is 10.2 Å². The minimum absolute atomic E-state index is 0.0746. The first kappa shape index (κ1) is 9.52. The monoisotopic (exact) mass is 232 g/mol. The Morgan fingerprint density at radius 3 is 2.58 bits per heavy atom. The van der Waals surface area contributed by atoms with Crippen LogP contribution in [0.4, 0.5) is 4.39 Å². The van der Waals surface area contributed by atoms with Gasteiger partial charge in [-0.05, 0) is 41.9 Å². The van der Waals surface area contributed by atoms with E-state index in [1.807, 2.05) is 13.8 Å². The number of halogens is 2. The van der Waals surface area contributed by atoms with Gasteiger partial charge in [0.2, 0.25) is 0 Å². The molecule has 0 bridgehead atoms. The van der Waals surface area contributed by atoms with Gasteiger partial charge >= 0.3 is 0 Å². The van der Waals surface area contributed by atoms with Gasteiger partial charge in [0, 0.05) is 6.07 Å². The molecule has 1 nitrogen and oxygen atoms in total. The van der Waals surface area contributed by atoms with Crippen LogP contribution in [0.15, 0.2) is 22.7 Å². The zero-order valence-corrected chi connectivity index (χ0v) is 8.56. The maximum atomic E-state index is 12.9. The molecular formula is C9H10BrFO. The molecule has 1 aromatic rings. The Kier molecular flexibility index (Phi) is 3.09. The summed E-state index contributed by atoms with van der Waals surface area (Å²) in [6.45, 7) is 3.81. The minimum atomic E-state index is -0.298. The second kappa shape index (κ2) is 3.90. The van der Waals surface area contributed by atoms with Gasteiger partial charge in [-0.3, -0.25) is 0 Å². The van der Waals surface area contributed by atoms with Gasteiger partial charge in [-0.25, -0.2) is 4.39 Å². The fraction of sp³-hybridized carbons (Fsp3) is 0.333. The quantitative estimate of drug-likeness (QED) is 0.760. The van der Waals surface area contributed by atoms with E-state index >= 15 is 0 Å². The van der Waals surface area contributed by atoms with Crippen molar-refractivity contribution in [2.75, 3.05) is 0 Å². The average Bonchev–Trinajstić information content (AvgIpc) is 1.96. The van der Waals surface area contributed by atoms with Gasteiger partial charge in [-0.1, -0.05) is 0 Å². The summed E-state index contributed by atoms with van der Waals surface area (Å²) in [5, 5.41) is 0. The highest BCUT2D eigenvalue weighted by molar-refractivity contribution is 9.10. The van der Waals surface area contributed by atoms with Crippen molar-refractivity contribution in [2.45, 2.75) is 20.0 Å². The van der Waals surface area contributed by atoms with E-state index in [1.54, 1.807) is 12.1 Å². The van der Waals surface area contributed by atoms with Gasteiger partial charge in [0.1, 0.15) is 11.6 Å². The first-order valence-electron chi connectivity index (χ1n) is 3.71. The largest absolute Gasteiger partial charge is 0.491 e. The third kappa shape index (κ3) is 2.48. The van der Waals surface area contributed by atoms with Crippen LogP contribution in [0, 0.1) is 5.82 Å². The molecule has 0 atom stereocenters. The van der Waals surface area contributed by atoms with Gasteiger partial charge < -0.3 is 4.74 Å². The van der Waals surface area contributed by atoms with Crippen molar-refractivity contribution < 1.29 is 9.13 Å². The van der Waals surface area contributed by atoms with Crippen molar-refractivity contribution in [3.63, 3.8) is 0 Å². The van der Waals surface area contributed by atoms with E-state index < -0.39 is 0 Å². The van der Waals surface area contributed by atoms with Gasteiger partial charge in [0.15, 0.2) is 0 Å². The number of benzene rings is 1. The molecule has 0 fully saturated rings. The molecule has 0 spiro atoms. The third-order valence-corrected chi connectivity index (χ3v) is 1.91. The summed E-state index contributed by atoms with van der Waals surface area (Å²) in [6, 6.07) is 4.73. The molecule has 0 heterocycles.